The van der Waals surface area contributed by atoms with Gasteiger partial charge >= 0.3 is 0 Å². The van der Waals surface area contributed by atoms with Gasteiger partial charge in [0.25, 0.3) is 5.91 Å². The van der Waals surface area contributed by atoms with E-state index in [4.69, 9.17) is 16.3 Å². The van der Waals surface area contributed by atoms with Gasteiger partial charge in [0, 0.05) is 25.2 Å². The third-order valence-electron chi connectivity index (χ3n) is 5.82. The highest BCUT2D eigenvalue weighted by Crippen LogP contribution is 2.26. The van der Waals surface area contributed by atoms with Crippen LogP contribution >= 0.6 is 11.6 Å². The second kappa shape index (κ2) is 11.5. The Morgan fingerprint density at radius 2 is 1.88 bits per heavy atom. The van der Waals surface area contributed by atoms with Gasteiger partial charge in [0.2, 0.25) is 5.95 Å². The van der Waals surface area contributed by atoms with Crippen LogP contribution in [0, 0.1) is 19.8 Å². The summed E-state index contributed by atoms with van der Waals surface area (Å²) in [6.45, 7) is 8.29. The molecule has 7 nitrogen and oxygen atoms in total. The lowest BCUT2D eigenvalue weighted by Crippen LogP contribution is -2.34. The first-order valence-corrected chi connectivity index (χ1v) is 11.6. The quantitative estimate of drug-likeness (QED) is 0.551. The molecule has 1 atom stereocenters. The van der Waals surface area contributed by atoms with E-state index in [0.717, 1.165) is 61.6 Å². The van der Waals surface area contributed by atoms with Crippen LogP contribution in [0.2, 0.25) is 5.02 Å². The lowest BCUT2D eigenvalue weighted by atomic mass is 9.92. The number of nitrogens with one attached hydrogen (secondary N) is 1. The third-order valence-corrected chi connectivity index (χ3v) is 6.02. The number of halogens is 1. The predicted octanol–water partition coefficient (Wildman–Crippen LogP) is 3.93. The van der Waals surface area contributed by atoms with E-state index in [1.54, 1.807) is 19.3 Å². The Kier molecular flexibility index (Phi) is 8.70. The maximum Gasteiger partial charge on any atom is 0.251 e. The molecule has 8 heteroatoms. The maximum atomic E-state index is 12.4. The Morgan fingerprint density at radius 1 is 1.25 bits per heavy atom. The number of aryl methyl sites for hydroxylation is 2. The number of hydrogen-bond donors (Lipinski definition) is 2. The van der Waals surface area contributed by atoms with Crippen LogP contribution in [0.1, 0.15) is 54.1 Å². The summed E-state index contributed by atoms with van der Waals surface area (Å²) in [6.07, 6.45) is 7.10. The zero-order valence-corrected chi connectivity index (χ0v) is 19.9. The van der Waals surface area contributed by atoms with Gasteiger partial charge in [-0.2, -0.15) is 0 Å². The number of aliphatic hydroxyl groups excluding tert-OH is 1. The normalized spacial score (nSPS) is 15.5. The van der Waals surface area contributed by atoms with E-state index in [2.05, 4.69) is 20.2 Å². The van der Waals surface area contributed by atoms with Crippen molar-refractivity contribution in [2.45, 2.75) is 52.6 Å². The monoisotopic (exact) mass is 460 g/mol. The highest BCUT2D eigenvalue weighted by atomic mass is 35.5. The van der Waals surface area contributed by atoms with Crippen LogP contribution in [0.15, 0.2) is 24.5 Å². The van der Waals surface area contributed by atoms with Crippen molar-refractivity contribution in [2.24, 2.45) is 5.92 Å². The van der Waals surface area contributed by atoms with Crippen LogP contribution in [0.3, 0.4) is 0 Å². The molecule has 1 fully saturated rings. The van der Waals surface area contributed by atoms with Crippen LogP contribution < -0.4 is 15.0 Å². The molecule has 32 heavy (non-hydrogen) atoms. The van der Waals surface area contributed by atoms with Gasteiger partial charge in [-0.1, -0.05) is 11.6 Å². The summed E-state index contributed by atoms with van der Waals surface area (Å²) in [4.78, 5) is 23.2. The number of aromatic nitrogens is 2. The van der Waals surface area contributed by atoms with E-state index in [1.807, 2.05) is 26.0 Å². The van der Waals surface area contributed by atoms with Gasteiger partial charge in [-0.15, -0.1) is 0 Å². The average Bonchev–Trinajstić information content (AvgIpc) is 2.76. The lowest BCUT2D eigenvalue weighted by Gasteiger charge is -2.32. The Labute approximate surface area is 195 Å². The van der Waals surface area contributed by atoms with Gasteiger partial charge in [-0.25, -0.2) is 9.97 Å². The molecule has 2 N–H and O–H groups in total. The maximum absolute atomic E-state index is 12.4. The summed E-state index contributed by atoms with van der Waals surface area (Å²) in [5.74, 6) is 2.07. The average molecular weight is 461 g/mol. The van der Waals surface area contributed by atoms with E-state index in [9.17, 15) is 9.90 Å². The standard InChI is InChI=1S/C24H33ClN4O3/c1-16-11-21(12-17(2)22(16)23(31)26-13-18(3)30)32-10-4-5-19-6-8-29(9-7-19)24-27-14-20(25)15-28-24/h11-12,14-15,18-19,30H,4-10,13H2,1-3H3,(H,26,31). The van der Waals surface area contributed by atoms with Crippen LogP contribution in [-0.4, -0.2) is 53.3 Å². The van der Waals surface area contributed by atoms with Gasteiger partial charge < -0.3 is 20.1 Å². The Morgan fingerprint density at radius 3 is 2.47 bits per heavy atom. The Balaban J connectivity index is 1.41. The molecule has 174 valence electrons. The fourth-order valence-electron chi connectivity index (χ4n) is 4.15. The number of rotatable bonds is 9. The number of aliphatic hydroxyl groups is 1. The number of piperidine rings is 1. The summed E-state index contributed by atoms with van der Waals surface area (Å²) < 4.78 is 5.98. The van der Waals surface area contributed by atoms with Gasteiger partial charge in [0.05, 0.1) is 30.1 Å². The first-order valence-electron chi connectivity index (χ1n) is 11.3. The summed E-state index contributed by atoms with van der Waals surface area (Å²) >= 11 is 5.87. The highest BCUT2D eigenvalue weighted by molar-refractivity contribution is 6.30. The predicted molar refractivity (Wildman–Crippen MR) is 127 cm³/mol. The third kappa shape index (κ3) is 6.81. The smallest absolute Gasteiger partial charge is 0.251 e. The highest BCUT2D eigenvalue weighted by Gasteiger charge is 2.21. The molecule has 1 amide bonds. The zero-order valence-electron chi connectivity index (χ0n) is 19.1. The molecular weight excluding hydrogens is 428 g/mol. The minimum atomic E-state index is -0.569. The number of hydrogen-bond acceptors (Lipinski definition) is 6. The molecule has 1 saturated heterocycles. The summed E-state index contributed by atoms with van der Waals surface area (Å²) in [5, 5.41) is 12.7. The molecule has 1 aliphatic rings. The first-order chi connectivity index (χ1) is 15.3. The minimum Gasteiger partial charge on any atom is -0.494 e. The summed E-state index contributed by atoms with van der Waals surface area (Å²) in [7, 11) is 0. The molecule has 1 aromatic heterocycles. The van der Waals surface area contributed by atoms with Gasteiger partial charge in [0.1, 0.15) is 5.75 Å². The van der Waals surface area contributed by atoms with Crippen LogP contribution in [-0.2, 0) is 0 Å². The number of carbonyl (C=O) groups is 1. The Hall–Kier alpha value is -2.38. The molecule has 0 aliphatic carbocycles. The van der Waals surface area contributed by atoms with Crippen molar-refractivity contribution in [3.05, 3.63) is 46.2 Å². The molecule has 0 radical (unpaired) electrons. The number of nitrogens with zero attached hydrogens (tertiary/aromatic N) is 3. The molecule has 3 rings (SSSR count). The van der Waals surface area contributed by atoms with Crippen molar-refractivity contribution in [1.82, 2.24) is 15.3 Å². The molecule has 1 aromatic carbocycles. The summed E-state index contributed by atoms with van der Waals surface area (Å²) in [5.41, 5.74) is 2.40. The van der Waals surface area contributed by atoms with Crippen LogP contribution in [0.5, 0.6) is 5.75 Å². The van der Waals surface area contributed by atoms with Crippen LogP contribution in [0.25, 0.3) is 0 Å². The van der Waals surface area contributed by atoms with Crippen molar-refractivity contribution in [2.75, 3.05) is 31.1 Å². The number of anilines is 1. The molecule has 0 bridgehead atoms. The van der Waals surface area contributed by atoms with Crippen LogP contribution in [0.4, 0.5) is 5.95 Å². The van der Waals surface area contributed by atoms with Gasteiger partial charge in [-0.05, 0) is 75.6 Å². The van der Waals surface area contributed by atoms with E-state index < -0.39 is 6.10 Å². The van der Waals surface area contributed by atoms with E-state index in [0.29, 0.717) is 23.1 Å². The van der Waals surface area contributed by atoms with E-state index in [-0.39, 0.29) is 12.5 Å². The van der Waals surface area contributed by atoms with Gasteiger partial charge in [-0.3, -0.25) is 4.79 Å². The lowest BCUT2D eigenvalue weighted by molar-refractivity contribution is 0.0922. The molecule has 2 heterocycles. The van der Waals surface area contributed by atoms with Crippen molar-refractivity contribution >= 4 is 23.5 Å². The fraction of sp³-hybridized carbons (Fsp3) is 0.542. The molecule has 1 aliphatic heterocycles. The molecule has 0 saturated carbocycles. The zero-order chi connectivity index (χ0) is 23.1. The van der Waals surface area contributed by atoms with Crippen molar-refractivity contribution in [1.29, 1.82) is 0 Å². The Bertz CT molecular complexity index is 874. The fourth-order valence-corrected chi connectivity index (χ4v) is 4.24. The second-order valence-corrected chi connectivity index (χ2v) is 9.05. The summed E-state index contributed by atoms with van der Waals surface area (Å²) in [6, 6.07) is 3.82. The largest absolute Gasteiger partial charge is 0.494 e. The van der Waals surface area contributed by atoms with Crippen molar-refractivity contribution in [3.8, 4) is 5.75 Å². The molecule has 1 unspecified atom stereocenters. The number of ether oxygens (including phenoxy) is 1. The number of benzene rings is 1. The van der Waals surface area contributed by atoms with E-state index in [1.165, 1.54) is 0 Å². The van der Waals surface area contributed by atoms with Crippen molar-refractivity contribution < 1.29 is 14.6 Å². The minimum absolute atomic E-state index is 0.164. The van der Waals surface area contributed by atoms with Gasteiger partial charge in [0.15, 0.2) is 0 Å². The SMILES string of the molecule is Cc1cc(OCCCC2CCN(c3ncc(Cl)cn3)CC2)cc(C)c1C(=O)NCC(C)O. The van der Waals surface area contributed by atoms with Crippen molar-refractivity contribution in [3.63, 3.8) is 0 Å². The second-order valence-electron chi connectivity index (χ2n) is 8.61. The molecule has 2 aromatic rings. The molecular formula is C24H33ClN4O3. The van der Waals surface area contributed by atoms with E-state index >= 15 is 0 Å². The topological polar surface area (TPSA) is 87.6 Å². The number of amides is 1. The molecule has 0 spiro atoms. The first kappa shape index (κ1) is 24.3. The number of carbonyl (C=O) groups excluding carboxylic acids is 1.